The summed E-state index contributed by atoms with van der Waals surface area (Å²) in [5.41, 5.74) is 2.13. The van der Waals surface area contributed by atoms with Crippen molar-refractivity contribution in [1.82, 2.24) is 4.90 Å². The molecule has 0 aromatic heterocycles. The lowest BCUT2D eigenvalue weighted by molar-refractivity contribution is -0.0219. The Kier molecular flexibility index (Phi) is 5.14. The SMILES string of the molecule is C=C(C)CN1CCOCC1CC(O)c1ccccc1. The standard InChI is InChI=1S/C16H23NO2/c1-13(2)11-17-8-9-19-12-15(17)10-16(18)14-6-4-3-5-7-14/h3-7,15-16,18H,1,8-12H2,2H3. The number of hydrogen-bond acceptors (Lipinski definition) is 3. The van der Waals surface area contributed by atoms with Crippen LogP contribution >= 0.6 is 0 Å². The first-order chi connectivity index (χ1) is 9.16. The lowest BCUT2D eigenvalue weighted by Crippen LogP contribution is -2.46. The van der Waals surface area contributed by atoms with E-state index in [2.05, 4.69) is 11.5 Å². The summed E-state index contributed by atoms with van der Waals surface area (Å²) in [6.45, 7) is 9.28. The number of nitrogens with zero attached hydrogens (tertiary/aromatic N) is 1. The van der Waals surface area contributed by atoms with E-state index in [0.717, 1.165) is 30.8 Å². The van der Waals surface area contributed by atoms with Gasteiger partial charge in [0.1, 0.15) is 0 Å². The van der Waals surface area contributed by atoms with Crippen LogP contribution in [0.1, 0.15) is 25.0 Å². The molecule has 1 aliphatic rings. The molecule has 2 unspecified atom stereocenters. The van der Waals surface area contributed by atoms with E-state index in [1.807, 2.05) is 37.3 Å². The van der Waals surface area contributed by atoms with E-state index in [4.69, 9.17) is 4.74 Å². The molecule has 19 heavy (non-hydrogen) atoms. The van der Waals surface area contributed by atoms with Crippen LogP contribution in [0.2, 0.25) is 0 Å². The lowest BCUT2D eigenvalue weighted by atomic mass is 10.0. The van der Waals surface area contributed by atoms with Gasteiger partial charge in [-0.1, -0.05) is 42.5 Å². The van der Waals surface area contributed by atoms with Gasteiger partial charge < -0.3 is 9.84 Å². The molecule has 1 fully saturated rings. The summed E-state index contributed by atoms with van der Waals surface area (Å²) >= 11 is 0. The highest BCUT2D eigenvalue weighted by molar-refractivity contribution is 5.17. The van der Waals surface area contributed by atoms with Crippen molar-refractivity contribution in [2.75, 3.05) is 26.3 Å². The highest BCUT2D eigenvalue weighted by atomic mass is 16.5. The van der Waals surface area contributed by atoms with E-state index in [9.17, 15) is 5.11 Å². The van der Waals surface area contributed by atoms with E-state index < -0.39 is 6.10 Å². The van der Waals surface area contributed by atoms with E-state index in [1.54, 1.807) is 0 Å². The van der Waals surface area contributed by atoms with Gasteiger partial charge in [-0.05, 0) is 18.9 Å². The Morgan fingerprint density at radius 2 is 2.21 bits per heavy atom. The quantitative estimate of drug-likeness (QED) is 0.826. The van der Waals surface area contributed by atoms with Gasteiger partial charge in [0.25, 0.3) is 0 Å². The zero-order valence-electron chi connectivity index (χ0n) is 11.6. The Labute approximate surface area is 115 Å². The molecule has 0 radical (unpaired) electrons. The summed E-state index contributed by atoms with van der Waals surface area (Å²) in [5, 5.41) is 10.3. The Balaban J connectivity index is 1.97. The molecule has 3 nitrogen and oxygen atoms in total. The van der Waals surface area contributed by atoms with Crippen LogP contribution in [0.3, 0.4) is 0 Å². The van der Waals surface area contributed by atoms with Gasteiger partial charge in [0, 0.05) is 19.1 Å². The maximum Gasteiger partial charge on any atom is 0.0805 e. The van der Waals surface area contributed by atoms with Crippen molar-refractivity contribution in [3.8, 4) is 0 Å². The van der Waals surface area contributed by atoms with Gasteiger partial charge in [-0.2, -0.15) is 0 Å². The predicted octanol–water partition coefficient (Wildman–Crippen LogP) is 2.39. The van der Waals surface area contributed by atoms with E-state index >= 15 is 0 Å². The van der Waals surface area contributed by atoms with Gasteiger partial charge >= 0.3 is 0 Å². The fourth-order valence-corrected chi connectivity index (χ4v) is 2.53. The minimum Gasteiger partial charge on any atom is -0.388 e. The topological polar surface area (TPSA) is 32.7 Å². The molecule has 0 bridgehead atoms. The van der Waals surface area contributed by atoms with Crippen LogP contribution in [0.5, 0.6) is 0 Å². The number of aliphatic hydroxyl groups excluding tert-OH is 1. The zero-order valence-corrected chi connectivity index (χ0v) is 11.6. The summed E-state index contributed by atoms with van der Waals surface area (Å²) in [6.07, 6.45) is 0.276. The Morgan fingerprint density at radius 3 is 2.89 bits per heavy atom. The number of aliphatic hydroxyl groups is 1. The van der Waals surface area contributed by atoms with Crippen molar-refractivity contribution < 1.29 is 9.84 Å². The summed E-state index contributed by atoms with van der Waals surface area (Å²) in [5.74, 6) is 0. The van der Waals surface area contributed by atoms with Gasteiger partial charge in [-0.15, -0.1) is 0 Å². The fraction of sp³-hybridized carbons (Fsp3) is 0.500. The molecule has 2 atom stereocenters. The summed E-state index contributed by atoms with van der Waals surface area (Å²) < 4.78 is 5.55. The first-order valence-corrected chi connectivity index (χ1v) is 6.86. The molecule has 104 valence electrons. The third-order valence-electron chi connectivity index (χ3n) is 3.50. The minimum atomic E-state index is -0.430. The van der Waals surface area contributed by atoms with Crippen LogP contribution in [0, 0.1) is 0 Å². The van der Waals surface area contributed by atoms with Gasteiger partial charge in [0.15, 0.2) is 0 Å². The van der Waals surface area contributed by atoms with Crippen LogP contribution in [0.4, 0.5) is 0 Å². The highest BCUT2D eigenvalue weighted by Gasteiger charge is 2.25. The van der Waals surface area contributed by atoms with Crippen molar-refractivity contribution in [2.24, 2.45) is 0 Å². The normalized spacial score (nSPS) is 22.1. The second-order valence-corrected chi connectivity index (χ2v) is 5.32. The monoisotopic (exact) mass is 261 g/mol. The van der Waals surface area contributed by atoms with Gasteiger partial charge in [0.05, 0.1) is 19.3 Å². The Morgan fingerprint density at radius 1 is 1.47 bits per heavy atom. The number of morpholine rings is 1. The maximum absolute atomic E-state index is 10.3. The third-order valence-corrected chi connectivity index (χ3v) is 3.50. The highest BCUT2D eigenvalue weighted by Crippen LogP contribution is 2.22. The second kappa shape index (κ2) is 6.85. The van der Waals surface area contributed by atoms with Crippen LogP contribution in [-0.2, 0) is 4.74 Å². The summed E-state index contributed by atoms with van der Waals surface area (Å²) in [4.78, 5) is 2.36. The number of ether oxygens (including phenoxy) is 1. The number of benzene rings is 1. The summed E-state index contributed by atoms with van der Waals surface area (Å²) in [6, 6.07) is 10.1. The smallest absolute Gasteiger partial charge is 0.0805 e. The average Bonchev–Trinajstić information content (AvgIpc) is 2.41. The first-order valence-electron chi connectivity index (χ1n) is 6.86. The van der Waals surface area contributed by atoms with Crippen molar-refractivity contribution in [3.63, 3.8) is 0 Å². The van der Waals surface area contributed by atoms with Gasteiger partial charge in [0.2, 0.25) is 0 Å². The molecular weight excluding hydrogens is 238 g/mol. The van der Waals surface area contributed by atoms with Crippen LogP contribution in [0.15, 0.2) is 42.5 Å². The van der Waals surface area contributed by atoms with Gasteiger partial charge in [-0.25, -0.2) is 0 Å². The van der Waals surface area contributed by atoms with Gasteiger partial charge in [-0.3, -0.25) is 4.90 Å². The molecule has 1 N–H and O–H groups in total. The molecule has 0 aliphatic carbocycles. The van der Waals surface area contributed by atoms with Crippen molar-refractivity contribution in [2.45, 2.75) is 25.5 Å². The molecule has 1 aromatic rings. The number of rotatable bonds is 5. The van der Waals surface area contributed by atoms with Crippen LogP contribution in [0.25, 0.3) is 0 Å². The zero-order chi connectivity index (χ0) is 13.7. The molecule has 2 rings (SSSR count). The first kappa shape index (κ1) is 14.3. The second-order valence-electron chi connectivity index (χ2n) is 5.32. The molecule has 0 amide bonds. The third kappa shape index (κ3) is 4.16. The van der Waals surface area contributed by atoms with Crippen molar-refractivity contribution in [3.05, 3.63) is 48.0 Å². The Bertz CT molecular complexity index is 404. The van der Waals surface area contributed by atoms with Crippen LogP contribution < -0.4 is 0 Å². The average molecular weight is 261 g/mol. The van der Waals surface area contributed by atoms with E-state index in [0.29, 0.717) is 13.0 Å². The minimum absolute atomic E-state index is 0.264. The molecule has 1 saturated heterocycles. The molecule has 1 aromatic carbocycles. The molecule has 0 saturated carbocycles. The van der Waals surface area contributed by atoms with Crippen molar-refractivity contribution in [1.29, 1.82) is 0 Å². The predicted molar refractivity (Wildman–Crippen MR) is 77.0 cm³/mol. The van der Waals surface area contributed by atoms with Crippen LogP contribution in [-0.4, -0.2) is 42.4 Å². The Hall–Kier alpha value is -1.16. The molecule has 1 aliphatic heterocycles. The van der Waals surface area contributed by atoms with E-state index in [-0.39, 0.29) is 6.04 Å². The number of hydrogen-bond donors (Lipinski definition) is 1. The largest absolute Gasteiger partial charge is 0.388 e. The molecule has 1 heterocycles. The maximum atomic E-state index is 10.3. The molecule has 0 spiro atoms. The summed E-state index contributed by atoms with van der Waals surface area (Å²) in [7, 11) is 0. The molecule has 3 heteroatoms. The lowest BCUT2D eigenvalue weighted by Gasteiger charge is -2.36. The van der Waals surface area contributed by atoms with Crippen molar-refractivity contribution >= 4 is 0 Å². The molecular formula is C16H23NO2. The fourth-order valence-electron chi connectivity index (χ4n) is 2.53. The van der Waals surface area contributed by atoms with E-state index in [1.165, 1.54) is 0 Å².